The highest BCUT2D eigenvalue weighted by Crippen LogP contribution is 2.30. The van der Waals surface area contributed by atoms with Crippen molar-refractivity contribution in [3.63, 3.8) is 0 Å². The van der Waals surface area contributed by atoms with Gasteiger partial charge >= 0.3 is 5.97 Å². The first kappa shape index (κ1) is 15.5. The number of nitrogens with one attached hydrogen (secondary N) is 1. The Morgan fingerprint density at radius 2 is 2.10 bits per heavy atom. The van der Waals surface area contributed by atoms with Crippen LogP contribution in [-0.4, -0.2) is 32.8 Å². The smallest absolute Gasteiger partial charge is 0.326 e. The first-order valence-corrected chi connectivity index (χ1v) is 7.58. The second-order valence-corrected chi connectivity index (χ2v) is 5.84. The minimum Gasteiger partial charge on any atom is -0.480 e. The average Bonchev–Trinajstić information content (AvgIpc) is 2.94. The van der Waals surface area contributed by atoms with Crippen LogP contribution in [0, 0.1) is 11.8 Å². The summed E-state index contributed by atoms with van der Waals surface area (Å²) >= 11 is 0. The van der Waals surface area contributed by atoms with Gasteiger partial charge in [-0.15, -0.1) is 0 Å². The van der Waals surface area contributed by atoms with Crippen molar-refractivity contribution in [2.75, 3.05) is 0 Å². The summed E-state index contributed by atoms with van der Waals surface area (Å²) in [7, 11) is 0. The van der Waals surface area contributed by atoms with E-state index in [1.807, 2.05) is 6.92 Å². The largest absolute Gasteiger partial charge is 0.480 e. The number of aliphatic carboxylic acids is 1. The Kier molecular flexibility index (Phi) is 4.98. The second-order valence-electron chi connectivity index (χ2n) is 5.84. The highest BCUT2D eigenvalue weighted by molar-refractivity contribution is 5.95. The van der Waals surface area contributed by atoms with Crippen LogP contribution in [0.5, 0.6) is 0 Å². The maximum absolute atomic E-state index is 12.3. The van der Waals surface area contributed by atoms with E-state index in [-0.39, 0.29) is 11.8 Å². The summed E-state index contributed by atoms with van der Waals surface area (Å²) < 4.78 is 1.57. The van der Waals surface area contributed by atoms with Gasteiger partial charge in [-0.25, -0.2) is 4.79 Å². The minimum atomic E-state index is -0.953. The number of carboxylic acid groups (broad SMARTS) is 1. The van der Waals surface area contributed by atoms with Crippen molar-refractivity contribution >= 4 is 11.9 Å². The van der Waals surface area contributed by atoms with E-state index in [1.165, 1.54) is 0 Å². The van der Waals surface area contributed by atoms with Crippen LogP contribution in [0.1, 0.15) is 50.0 Å². The van der Waals surface area contributed by atoms with Crippen molar-refractivity contribution < 1.29 is 14.7 Å². The van der Waals surface area contributed by atoms with Gasteiger partial charge in [-0.1, -0.05) is 19.8 Å². The number of carboxylic acids is 1. The van der Waals surface area contributed by atoms with Gasteiger partial charge in [0, 0.05) is 12.7 Å². The molecule has 0 aliphatic heterocycles. The zero-order chi connectivity index (χ0) is 15.4. The zero-order valence-corrected chi connectivity index (χ0v) is 12.6. The quantitative estimate of drug-likeness (QED) is 0.868. The van der Waals surface area contributed by atoms with Crippen molar-refractivity contribution in [3.8, 4) is 0 Å². The Hall–Kier alpha value is -1.85. The number of nitrogens with zero attached hydrogens (tertiary/aromatic N) is 2. The maximum atomic E-state index is 12.3. The van der Waals surface area contributed by atoms with Gasteiger partial charge in [-0.2, -0.15) is 5.10 Å². The van der Waals surface area contributed by atoms with Gasteiger partial charge in [-0.3, -0.25) is 9.48 Å². The van der Waals surface area contributed by atoms with Crippen LogP contribution in [0.25, 0.3) is 0 Å². The van der Waals surface area contributed by atoms with Crippen LogP contribution in [0.2, 0.25) is 0 Å². The molecule has 1 amide bonds. The third-order valence-corrected chi connectivity index (χ3v) is 4.33. The summed E-state index contributed by atoms with van der Waals surface area (Å²) in [6.45, 7) is 4.65. The Bertz CT molecular complexity index is 504. The van der Waals surface area contributed by atoms with E-state index in [4.69, 9.17) is 0 Å². The molecule has 1 aliphatic carbocycles. The number of rotatable bonds is 5. The van der Waals surface area contributed by atoms with Crippen molar-refractivity contribution in [2.24, 2.45) is 11.8 Å². The highest BCUT2D eigenvalue weighted by atomic mass is 16.4. The molecule has 1 fully saturated rings. The number of aryl methyl sites for hydroxylation is 1. The molecule has 1 aromatic rings. The molecule has 1 heterocycles. The molecule has 0 aromatic carbocycles. The van der Waals surface area contributed by atoms with E-state index in [1.54, 1.807) is 16.9 Å². The van der Waals surface area contributed by atoms with E-state index < -0.39 is 12.0 Å². The molecule has 116 valence electrons. The Labute approximate surface area is 124 Å². The fourth-order valence-electron chi connectivity index (χ4n) is 2.99. The minimum absolute atomic E-state index is 0.0145. The molecule has 6 nitrogen and oxygen atoms in total. The number of carbonyl (C=O) groups excluding carboxylic acids is 1. The van der Waals surface area contributed by atoms with Gasteiger partial charge in [0.05, 0.1) is 0 Å². The topological polar surface area (TPSA) is 84.2 Å². The van der Waals surface area contributed by atoms with Crippen molar-refractivity contribution in [1.82, 2.24) is 15.1 Å². The molecule has 1 atom stereocenters. The summed E-state index contributed by atoms with van der Waals surface area (Å²) in [6.07, 6.45) is 5.31. The van der Waals surface area contributed by atoms with Crippen LogP contribution < -0.4 is 5.32 Å². The normalized spacial score (nSPS) is 23.5. The first-order chi connectivity index (χ1) is 10.0. The Balaban J connectivity index is 2.06. The van der Waals surface area contributed by atoms with E-state index in [2.05, 4.69) is 17.3 Å². The van der Waals surface area contributed by atoms with E-state index >= 15 is 0 Å². The second kappa shape index (κ2) is 6.74. The van der Waals surface area contributed by atoms with Gasteiger partial charge in [-0.05, 0) is 37.7 Å². The molecular weight excluding hydrogens is 270 g/mol. The highest BCUT2D eigenvalue weighted by Gasteiger charge is 2.32. The third kappa shape index (κ3) is 3.62. The molecular formula is C15H23N3O3. The average molecular weight is 293 g/mol. The molecule has 0 bridgehead atoms. The molecule has 0 saturated heterocycles. The Morgan fingerprint density at radius 3 is 2.67 bits per heavy atom. The summed E-state index contributed by atoms with van der Waals surface area (Å²) in [6, 6.07) is 0.797. The van der Waals surface area contributed by atoms with Crippen molar-refractivity contribution in [2.45, 2.75) is 52.1 Å². The molecule has 0 unspecified atom stereocenters. The standard InChI is InChI=1S/C15H23N3O3/c1-3-18-12(8-9-16-18)14(19)17-13(15(20)21)11-6-4-10(2)5-7-11/h8-11,13H,3-7H2,1-2H3,(H,17,19)(H,20,21)/t10?,11?,13-/m0/s1. The lowest BCUT2D eigenvalue weighted by Crippen LogP contribution is -2.47. The van der Waals surface area contributed by atoms with Gasteiger partial charge < -0.3 is 10.4 Å². The summed E-state index contributed by atoms with van der Waals surface area (Å²) in [4.78, 5) is 23.8. The molecule has 0 spiro atoms. The molecule has 2 rings (SSSR count). The van der Waals surface area contributed by atoms with Crippen LogP contribution in [-0.2, 0) is 11.3 Å². The Morgan fingerprint density at radius 1 is 1.43 bits per heavy atom. The lowest BCUT2D eigenvalue weighted by molar-refractivity contribution is -0.141. The summed E-state index contributed by atoms with van der Waals surface area (Å²) in [5, 5.41) is 16.1. The monoisotopic (exact) mass is 293 g/mol. The molecule has 1 aliphatic rings. The van der Waals surface area contributed by atoms with Crippen molar-refractivity contribution in [1.29, 1.82) is 0 Å². The number of hydrogen-bond acceptors (Lipinski definition) is 3. The van der Waals surface area contributed by atoms with Gasteiger partial charge in [0.25, 0.3) is 5.91 Å². The van der Waals surface area contributed by atoms with Gasteiger partial charge in [0.2, 0.25) is 0 Å². The fraction of sp³-hybridized carbons (Fsp3) is 0.667. The predicted molar refractivity (Wildman–Crippen MR) is 77.9 cm³/mol. The van der Waals surface area contributed by atoms with E-state index in [9.17, 15) is 14.7 Å². The third-order valence-electron chi connectivity index (χ3n) is 4.33. The van der Waals surface area contributed by atoms with E-state index in [0.717, 1.165) is 25.7 Å². The predicted octanol–water partition coefficient (Wildman–Crippen LogP) is 1.91. The van der Waals surface area contributed by atoms with Crippen LogP contribution in [0.3, 0.4) is 0 Å². The van der Waals surface area contributed by atoms with Crippen LogP contribution in [0.15, 0.2) is 12.3 Å². The fourth-order valence-corrected chi connectivity index (χ4v) is 2.99. The lowest BCUT2D eigenvalue weighted by atomic mass is 9.79. The molecule has 21 heavy (non-hydrogen) atoms. The van der Waals surface area contributed by atoms with Gasteiger partial charge in [0.1, 0.15) is 11.7 Å². The molecule has 6 heteroatoms. The first-order valence-electron chi connectivity index (χ1n) is 7.58. The summed E-state index contributed by atoms with van der Waals surface area (Å²) in [5.41, 5.74) is 0.410. The molecule has 1 saturated carbocycles. The number of aromatic nitrogens is 2. The van der Waals surface area contributed by atoms with Gasteiger partial charge in [0.15, 0.2) is 0 Å². The summed E-state index contributed by atoms with van der Waals surface area (Å²) in [5.74, 6) is -0.653. The number of carbonyl (C=O) groups is 2. The van der Waals surface area contributed by atoms with E-state index in [0.29, 0.717) is 18.2 Å². The zero-order valence-electron chi connectivity index (χ0n) is 12.6. The number of amides is 1. The molecule has 1 aromatic heterocycles. The van der Waals surface area contributed by atoms with Crippen LogP contribution >= 0.6 is 0 Å². The SMILES string of the molecule is CCn1nccc1C(=O)N[C@H](C(=O)O)C1CCC(C)CC1. The van der Waals surface area contributed by atoms with Crippen LogP contribution in [0.4, 0.5) is 0 Å². The van der Waals surface area contributed by atoms with Crippen molar-refractivity contribution in [3.05, 3.63) is 18.0 Å². The maximum Gasteiger partial charge on any atom is 0.326 e. The lowest BCUT2D eigenvalue weighted by Gasteiger charge is -2.30. The molecule has 2 N–H and O–H groups in total. The molecule has 0 radical (unpaired) electrons. The number of hydrogen-bond donors (Lipinski definition) is 2.